The topological polar surface area (TPSA) is 69.4 Å². The van der Waals surface area contributed by atoms with Crippen LogP contribution in [0.3, 0.4) is 0 Å². The molecule has 0 unspecified atom stereocenters. The fourth-order valence-electron chi connectivity index (χ4n) is 0.240. The van der Waals surface area contributed by atoms with Gasteiger partial charge in [0.2, 0.25) is 0 Å². The maximum atomic E-state index is 10.1. The van der Waals surface area contributed by atoms with Gasteiger partial charge in [0.1, 0.15) is 0 Å². The summed E-state index contributed by atoms with van der Waals surface area (Å²) in [7, 11) is 0. The first-order valence-electron chi connectivity index (χ1n) is 2.16. The molecule has 0 aliphatic heterocycles. The molecule has 0 N–H and O–H groups in total. The normalized spacial score (nSPS) is 9.44. The van der Waals surface area contributed by atoms with Gasteiger partial charge in [-0.05, 0) is 6.92 Å². The lowest BCUT2D eigenvalue weighted by molar-refractivity contribution is -0.728. The molecule has 50 valence electrons. The lowest BCUT2D eigenvalue weighted by atomic mass is 10.5. The molecular weight excluding hydrogens is 126 g/mol. The summed E-state index contributed by atoms with van der Waals surface area (Å²) >= 11 is 0. The number of hydrogen-bond donors (Lipinski definition) is 0. The zero-order valence-corrected chi connectivity index (χ0v) is 4.73. The zero-order valence-electron chi connectivity index (χ0n) is 4.73. The van der Waals surface area contributed by atoms with Crippen molar-refractivity contribution >= 4 is 5.97 Å². The van der Waals surface area contributed by atoms with Crippen molar-refractivity contribution in [3.05, 3.63) is 22.3 Å². The largest absolute Gasteiger partial charge is 0.326 e. The van der Waals surface area contributed by atoms with Crippen molar-refractivity contribution in [3.63, 3.8) is 0 Å². The van der Waals surface area contributed by atoms with Crippen LogP contribution in [0.1, 0.15) is 6.92 Å². The van der Waals surface area contributed by atoms with Crippen LogP contribution in [0, 0.1) is 10.1 Å². The summed E-state index contributed by atoms with van der Waals surface area (Å²) in [4.78, 5) is 23.0. The summed E-state index contributed by atoms with van der Waals surface area (Å²) in [6.45, 7) is 1.56. The van der Waals surface area contributed by atoms with E-state index in [0.29, 0.717) is 0 Å². The number of carbonyl (C=O) groups excluding carboxylic acids is 1. The molecule has 0 aromatic heterocycles. The van der Waals surface area contributed by atoms with E-state index in [1.165, 1.54) is 6.08 Å². The fourth-order valence-corrected chi connectivity index (χ4v) is 0.240. The molecule has 0 atom stereocenters. The molecule has 0 radical (unpaired) electrons. The number of allylic oxidation sites excluding steroid dienone is 1. The molecule has 0 aromatic carbocycles. The van der Waals surface area contributed by atoms with E-state index < -0.39 is 11.1 Å². The summed E-state index contributed by atoms with van der Waals surface area (Å²) in [5, 5.41) is 8.26. The minimum atomic E-state index is -1.15. The highest BCUT2D eigenvalue weighted by atomic mass is 17.0. The van der Waals surface area contributed by atoms with Crippen molar-refractivity contribution in [3.8, 4) is 0 Å². The van der Waals surface area contributed by atoms with Gasteiger partial charge in [-0.2, -0.15) is 0 Å². The molecule has 0 aliphatic rings. The summed E-state index contributed by atoms with van der Waals surface area (Å²) in [6.07, 6.45) is 2.31. The molecule has 9 heavy (non-hydrogen) atoms. The van der Waals surface area contributed by atoms with Gasteiger partial charge in [-0.15, -0.1) is 10.1 Å². The highest BCUT2D eigenvalue weighted by Gasteiger charge is 1.99. The predicted molar refractivity (Wildman–Crippen MR) is 27.9 cm³/mol. The van der Waals surface area contributed by atoms with E-state index >= 15 is 0 Å². The molecule has 0 bridgehead atoms. The quantitative estimate of drug-likeness (QED) is 0.307. The van der Waals surface area contributed by atoms with Gasteiger partial charge in [-0.3, -0.25) is 4.79 Å². The maximum absolute atomic E-state index is 10.1. The summed E-state index contributed by atoms with van der Waals surface area (Å²) < 4.78 is 0. The Labute approximate surface area is 51.0 Å². The molecule has 0 heterocycles. The molecule has 0 amide bonds. The minimum absolute atomic E-state index is 0.961. The third kappa shape index (κ3) is 4.46. The van der Waals surface area contributed by atoms with E-state index in [-0.39, 0.29) is 0 Å². The average molecular weight is 131 g/mol. The Hall–Kier alpha value is -1.39. The van der Waals surface area contributed by atoms with Crippen LogP contribution >= 0.6 is 0 Å². The van der Waals surface area contributed by atoms with Crippen LogP contribution in [-0.4, -0.2) is 11.1 Å². The molecule has 0 saturated carbocycles. The second-order valence-electron chi connectivity index (χ2n) is 1.13. The van der Waals surface area contributed by atoms with E-state index in [2.05, 4.69) is 4.84 Å². The Morgan fingerprint density at radius 3 is 2.67 bits per heavy atom. The molecular formula is C4H5NO4. The zero-order chi connectivity index (χ0) is 7.28. The number of hydrogen-bond acceptors (Lipinski definition) is 4. The van der Waals surface area contributed by atoms with E-state index in [4.69, 9.17) is 0 Å². The molecule has 0 rings (SSSR count). The molecule has 5 nitrogen and oxygen atoms in total. The third-order valence-corrected chi connectivity index (χ3v) is 0.467. The van der Waals surface area contributed by atoms with Crippen LogP contribution in [0.5, 0.6) is 0 Å². The van der Waals surface area contributed by atoms with Gasteiger partial charge in [-0.25, -0.2) is 4.84 Å². The van der Waals surface area contributed by atoms with Crippen LogP contribution < -0.4 is 0 Å². The number of carbonyl (C=O) groups is 1. The monoisotopic (exact) mass is 131 g/mol. The first-order chi connectivity index (χ1) is 4.16. The average Bonchev–Trinajstić information content (AvgIpc) is 1.63. The van der Waals surface area contributed by atoms with Crippen molar-refractivity contribution in [2.24, 2.45) is 0 Å². The number of nitrogens with zero attached hydrogens (tertiary/aromatic N) is 1. The van der Waals surface area contributed by atoms with Gasteiger partial charge in [0.25, 0.3) is 0 Å². The van der Waals surface area contributed by atoms with Gasteiger partial charge in [-0.1, -0.05) is 6.08 Å². The molecule has 0 aliphatic carbocycles. The molecule has 0 fully saturated rings. The second-order valence-corrected chi connectivity index (χ2v) is 1.13. The second kappa shape index (κ2) is 3.59. The SMILES string of the molecule is C/C=C/C(=O)O[N+](=O)[O-]. The smallest absolute Gasteiger partial charge is 0.263 e. The lowest BCUT2D eigenvalue weighted by Gasteiger charge is -1.85. The summed E-state index contributed by atoms with van der Waals surface area (Å²) in [6, 6.07) is 0. The fraction of sp³-hybridized carbons (Fsp3) is 0.250. The Kier molecular flexibility index (Phi) is 3.04. The molecule has 0 aromatic rings. The Balaban J connectivity index is 3.64. The maximum Gasteiger partial charge on any atom is 0.326 e. The van der Waals surface area contributed by atoms with Crippen LogP contribution in [0.4, 0.5) is 0 Å². The Morgan fingerprint density at radius 1 is 1.78 bits per heavy atom. The number of rotatable bonds is 2. The van der Waals surface area contributed by atoms with Gasteiger partial charge < -0.3 is 0 Å². The van der Waals surface area contributed by atoms with E-state index in [1.54, 1.807) is 6.92 Å². The summed E-state index contributed by atoms with van der Waals surface area (Å²) in [5.41, 5.74) is 0. The van der Waals surface area contributed by atoms with Crippen LogP contribution in [0.2, 0.25) is 0 Å². The first kappa shape index (κ1) is 7.61. The van der Waals surface area contributed by atoms with E-state index in [9.17, 15) is 14.9 Å². The van der Waals surface area contributed by atoms with E-state index in [0.717, 1.165) is 6.08 Å². The molecule has 5 heteroatoms. The van der Waals surface area contributed by atoms with Crippen LogP contribution in [0.25, 0.3) is 0 Å². The van der Waals surface area contributed by atoms with Crippen molar-refractivity contribution in [2.75, 3.05) is 0 Å². The van der Waals surface area contributed by atoms with Gasteiger partial charge >= 0.3 is 11.1 Å². The highest BCUT2D eigenvalue weighted by Crippen LogP contribution is 1.79. The first-order valence-corrected chi connectivity index (χ1v) is 2.16. The van der Waals surface area contributed by atoms with Gasteiger partial charge in [0.05, 0.1) is 0 Å². The van der Waals surface area contributed by atoms with Gasteiger partial charge in [0, 0.05) is 6.08 Å². The minimum Gasteiger partial charge on any atom is -0.263 e. The Morgan fingerprint density at radius 2 is 2.33 bits per heavy atom. The molecule has 0 saturated heterocycles. The van der Waals surface area contributed by atoms with Crippen molar-refractivity contribution < 1.29 is 14.7 Å². The highest BCUT2D eigenvalue weighted by molar-refractivity contribution is 5.81. The predicted octanol–water partition coefficient (Wildman–Crippen LogP) is 0.297. The van der Waals surface area contributed by atoms with Crippen molar-refractivity contribution in [1.82, 2.24) is 0 Å². The van der Waals surface area contributed by atoms with Crippen molar-refractivity contribution in [2.45, 2.75) is 6.92 Å². The third-order valence-electron chi connectivity index (χ3n) is 0.467. The van der Waals surface area contributed by atoms with E-state index in [1.807, 2.05) is 0 Å². The van der Waals surface area contributed by atoms with Crippen LogP contribution in [-0.2, 0) is 9.63 Å². The standard InChI is InChI=1S/C4H5NO4/c1-2-3-4(6)9-5(7)8/h2-3H,1H3/b3-2+. The summed E-state index contributed by atoms with van der Waals surface area (Å²) in [5.74, 6) is -0.970. The lowest BCUT2D eigenvalue weighted by Crippen LogP contribution is -2.06. The van der Waals surface area contributed by atoms with Crippen LogP contribution in [0.15, 0.2) is 12.2 Å². The molecule has 0 spiro atoms. The Bertz CT molecular complexity index is 151. The van der Waals surface area contributed by atoms with Crippen molar-refractivity contribution in [1.29, 1.82) is 0 Å². The van der Waals surface area contributed by atoms with Gasteiger partial charge in [0.15, 0.2) is 0 Å².